The average molecular weight is 610 g/mol. The van der Waals surface area contributed by atoms with Gasteiger partial charge in [0.15, 0.2) is 0 Å². The Morgan fingerprint density at radius 3 is 2.26 bits per heavy atom. The molecule has 3 rings (SSSR count). The molecule has 2 N–H and O–H groups in total. The maximum Gasteiger partial charge on any atom is 0.301 e. The predicted molar refractivity (Wildman–Crippen MR) is 135 cm³/mol. The summed E-state index contributed by atoms with van der Waals surface area (Å²) in [6.07, 6.45) is 0. The van der Waals surface area contributed by atoms with Crippen molar-refractivity contribution in [3.05, 3.63) is 95.6 Å². The second-order valence-corrected chi connectivity index (χ2v) is 9.56. The van der Waals surface area contributed by atoms with Gasteiger partial charge in [0.25, 0.3) is 15.8 Å². The van der Waals surface area contributed by atoms with Crippen molar-refractivity contribution in [2.24, 2.45) is 15.3 Å². The Bertz CT molecular complexity index is 1470. The summed E-state index contributed by atoms with van der Waals surface area (Å²) in [4.78, 5) is 20.5. The molecule has 13 nitrogen and oxygen atoms in total. The maximum atomic E-state index is 11.5. The fraction of sp³-hybridized carbons (Fsp3) is 0.0500. The van der Waals surface area contributed by atoms with E-state index in [1.165, 1.54) is 12.1 Å². The van der Waals surface area contributed by atoms with Gasteiger partial charge in [0, 0.05) is 15.2 Å². The number of hydrogen-bond donors (Lipinski definition) is 2. The largest absolute Gasteiger partial charge is 0.301 e. The summed E-state index contributed by atoms with van der Waals surface area (Å²) in [5.41, 5.74) is 2.42. The third-order valence-corrected chi connectivity index (χ3v) is 6.06. The summed E-state index contributed by atoms with van der Waals surface area (Å²) in [5, 5.41) is 34.7. The van der Waals surface area contributed by atoms with Crippen LogP contribution in [0.25, 0.3) is 0 Å². The number of hydrazone groups is 1. The molecule has 3 aromatic carbocycles. The molecule has 0 aliphatic rings. The van der Waals surface area contributed by atoms with Crippen LogP contribution in [0, 0.1) is 30.7 Å². The van der Waals surface area contributed by atoms with Crippen LogP contribution in [0.5, 0.6) is 0 Å². The molecule has 180 valence electrons. The lowest BCUT2D eigenvalue weighted by molar-refractivity contribution is -0.393. The Balaban J connectivity index is 2.07. The number of nitrogens with one attached hydrogen (secondary N) is 1. The quantitative estimate of drug-likeness (QED) is 0.0692. The van der Waals surface area contributed by atoms with E-state index in [0.29, 0.717) is 16.8 Å². The molecule has 0 fully saturated rings. The van der Waals surface area contributed by atoms with Crippen LogP contribution in [-0.2, 0) is 10.1 Å². The molecule has 0 saturated heterocycles. The van der Waals surface area contributed by atoms with Crippen molar-refractivity contribution in [3.8, 4) is 0 Å². The van der Waals surface area contributed by atoms with E-state index in [0.717, 1.165) is 27.8 Å². The van der Waals surface area contributed by atoms with Gasteiger partial charge < -0.3 is 0 Å². The number of halogens is 1. The summed E-state index contributed by atoms with van der Waals surface area (Å²) >= 11 is 2.12. The molecule has 0 atom stereocenters. The lowest BCUT2D eigenvalue weighted by Crippen LogP contribution is -2.07. The van der Waals surface area contributed by atoms with Crippen molar-refractivity contribution in [2.45, 2.75) is 11.8 Å². The van der Waals surface area contributed by atoms with E-state index >= 15 is 0 Å². The molecular weight excluding hydrogens is 595 g/mol. The molecule has 0 amide bonds. The normalized spacial score (nSPS) is 12.0. The van der Waals surface area contributed by atoms with E-state index < -0.39 is 31.3 Å². The number of aryl methyl sites for hydroxylation is 1. The molecule has 0 heterocycles. The molecular formula is C20H15IN6O7S. The van der Waals surface area contributed by atoms with Gasteiger partial charge in [-0.1, -0.05) is 0 Å². The van der Waals surface area contributed by atoms with Crippen molar-refractivity contribution >= 4 is 61.3 Å². The Labute approximate surface area is 211 Å². The predicted octanol–water partition coefficient (Wildman–Crippen LogP) is 5.22. The summed E-state index contributed by atoms with van der Waals surface area (Å²) < 4.78 is 33.2. The number of nitro benzene ring substituents is 2. The first-order valence-electron chi connectivity index (χ1n) is 9.48. The van der Waals surface area contributed by atoms with Crippen molar-refractivity contribution in [1.29, 1.82) is 0 Å². The molecule has 0 aromatic heterocycles. The third-order valence-electron chi connectivity index (χ3n) is 4.49. The van der Waals surface area contributed by atoms with E-state index in [2.05, 4.69) is 43.3 Å². The van der Waals surface area contributed by atoms with Crippen LogP contribution < -0.4 is 5.43 Å². The summed E-state index contributed by atoms with van der Waals surface area (Å²) in [5.74, 6) is -0.0735. The van der Waals surface area contributed by atoms with Crippen molar-refractivity contribution in [3.63, 3.8) is 0 Å². The first-order chi connectivity index (χ1) is 16.5. The van der Waals surface area contributed by atoms with Crippen LogP contribution in [0.1, 0.15) is 11.1 Å². The zero-order valence-electron chi connectivity index (χ0n) is 17.7. The molecule has 0 spiro atoms. The molecule has 0 radical (unpaired) electrons. The molecule has 3 aromatic rings. The second kappa shape index (κ2) is 10.6. The fourth-order valence-electron chi connectivity index (χ4n) is 2.79. The third kappa shape index (κ3) is 6.61. The number of non-ortho nitro benzene ring substituents is 1. The van der Waals surface area contributed by atoms with Gasteiger partial charge in [-0.2, -0.15) is 13.5 Å². The Morgan fingerprint density at radius 1 is 1.00 bits per heavy atom. The summed E-state index contributed by atoms with van der Waals surface area (Å²) in [6.45, 7) is 1.55. The average Bonchev–Trinajstić information content (AvgIpc) is 2.79. The molecule has 0 aliphatic heterocycles. The van der Waals surface area contributed by atoms with Gasteiger partial charge in [0.05, 0.1) is 26.5 Å². The first kappa shape index (κ1) is 25.8. The van der Waals surface area contributed by atoms with Crippen LogP contribution in [0.3, 0.4) is 0 Å². The van der Waals surface area contributed by atoms with Gasteiger partial charge in [-0.3, -0.25) is 30.2 Å². The number of benzene rings is 3. The van der Waals surface area contributed by atoms with Crippen LogP contribution in [-0.4, -0.2) is 28.7 Å². The monoisotopic (exact) mass is 610 g/mol. The molecule has 0 unspecified atom stereocenters. The molecule has 35 heavy (non-hydrogen) atoms. The fourth-order valence-corrected chi connectivity index (χ4v) is 3.71. The zero-order chi connectivity index (χ0) is 25.8. The summed E-state index contributed by atoms with van der Waals surface area (Å²) in [6, 6.07) is 13.7. The highest BCUT2D eigenvalue weighted by molar-refractivity contribution is 14.1. The van der Waals surface area contributed by atoms with Crippen molar-refractivity contribution in [2.75, 3.05) is 5.43 Å². The van der Waals surface area contributed by atoms with E-state index in [4.69, 9.17) is 0 Å². The minimum absolute atomic E-state index is 0.0735. The number of azo groups is 1. The summed E-state index contributed by atoms with van der Waals surface area (Å²) in [7, 11) is -4.45. The van der Waals surface area contributed by atoms with Gasteiger partial charge in [0.2, 0.25) is 5.84 Å². The lowest BCUT2D eigenvalue weighted by Gasteiger charge is -2.08. The first-order valence-corrected chi connectivity index (χ1v) is 12.0. The second-order valence-electron chi connectivity index (χ2n) is 6.89. The molecule has 0 bridgehead atoms. The highest BCUT2D eigenvalue weighted by atomic mass is 127. The number of amidine groups is 1. The topological polar surface area (TPSA) is 190 Å². The van der Waals surface area contributed by atoms with Crippen LogP contribution in [0.2, 0.25) is 0 Å². The minimum Gasteiger partial charge on any atom is -0.282 e. The number of nitro groups is 2. The maximum absolute atomic E-state index is 11.5. The highest BCUT2D eigenvalue weighted by Crippen LogP contribution is 2.29. The zero-order valence-corrected chi connectivity index (χ0v) is 20.7. The lowest BCUT2D eigenvalue weighted by atomic mass is 10.1. The molecule has 0 saturated carbocycles. The van der Waals surface area contributed by atoms with Gasteiger partial charge in [0.1, 0.15) is 5.69 Å². The van der Waals surface area contributed by atoms with Crippen LogP contribution in [0.15, 0.2) is 80.9 Å². The number of rotatable bonds is 7. The Kier molecular flexibility index (Phi) is 7.82. The standard InChI is InChI=1S/C20H15IN6O7S/c1-12-10-16(35(32,33)34)7-8-17(12)20(24-22-14-4-2-13(21)3-5-14)25-23-18-9-6-15(26(28)29)11-19(18)27(30)31/h2-11,23H,1H3,(H,32,33,34)/b24-22+,25-20-. The molecule has 15 heteroatoms. The van der Waals surface area contributed by atoms with Crippen LogP contribution >= 0.6 is 22.6 Å². The van der Waals surface area contributed by atoms with Crippen LogP contribution in [0.4, 0.5) is 22.7 Å². The van der Waals surface area contributed by atoms with Crippen molar-refractivity contribution < 1.29 is 22.8 Å². The highest BCUT2D eigenvalue weighted by Gasteiger charge is 2.20. The number of hydrogen-bond acceptors (Lipinski definition) is 9. The number of anilines is 1. The van der Waals surface area contributed by atoms with Gasteiger partial charge in [-0.25, -0.2) is 0 Å². The van der Waals surface area contributed by atoms with E-state index in [-0.39, 0.29) is 16.4 Å². The van der Waals surface area contributed by atoms with E-state index in [1.54, 1.807) is 31.2 Å². The van der Waals surface area contributed by atoms with Crippen molar-refractivity contribution in [1.82, 2.24) is 0 Å². The van der Waals surface area contributed by atoms with E-state index in [1.807, 2.05) is 0 Å². The Morgan fingerprint density at radius 2 is 1.69 bits per heavy atom. The van der Waals surface area contributed by atoms with Gasteiger partial charge in [-0.05, 0) is 83.6 Å². The SMILES string of the molecule is Cc1cc(S(=O)(=O)O)ccc1C(=N/Nc1ccc([N+](=O)[O-])cc1[N+](=O)[O-])/N=N/c1ccc(I)cc1. The van der Waals surface area contributed by atoms with Gasteiger partial charge >= 0.3 is 5.69 Å². The van der Waals surface area contributed by atoms with Gasteiger partial charge in [-0.15, -0.1) is 10.2 Å². The minimum atomic E-state index is -4.45. The van der Waals surface area contributed by atoms with E-state index in [9.17, 15) is 33.2 Å². The number of nitrogens with zero attached hydrogens (tertiary/aromatic N) is 5. The molecule has 0 aliphatic carbocycles. The smallest absolute Gasteiger partial charge is 0.282 e. The Hall–Kier alpha value is -3.83.